The molecule has 2 aromatic rings. The van der Waals surface area contributed by atoms with Crippen LogP contribution in [0, 0.1) is 17.1 Å². The molecule has 1 aliphatic rings. The van der Waals surface area contributed by atoms with Crippen LogP contribution in [0.3, 0.4) is 0 Å². The van der Waals surface area contributed by atoms with Gasteiger partial charge in [0.25, 0.3) is 5.91 Å². The van der Waals surface area contributed by atoms with Gasteiger partial charge in [-0.2, -0.15) is 5.26 Å². The molecule has 7 heteroatoms. The molecule has 0 aliphatic carbocycles. The van der Waals surface area contributed by atoms with E-state index in [9.17, 15) is 9.18 Å². The van der Waals surface area contributed by atoms with Gasteiger partial charge in [0.2, 0.25) is 0 Å². The van der Waals surface area contributed by atoms with Gasteiger partial charge in [-0.25, -0.2) is 4.39 Å². The minimum Gasteiger partial charge on any atom is -0.482 e. The van der Waals surface area contributed by atoms with Gasteiger partial charge in [-0.15, -0.1) is 0 Å². The summed E-state index contributed by atoms with van der Waals surface area (Å²) in [4.78, 5) is 16.3. The first-order valence-electron chi connectivity index (χ1n) is 8.62. The van der Waals surface area contributed by atoms with Gasteiger partial charge in [-0.05, 0) is 35.9 Å². The van der Waals surface area contributed by atoms with Crippen LogP contribution in [0.4, 0.5) is 4.39 Å². The Morgan fingerprint density at radius 3 is 2.48 bits per heavy atom. The molecule has 0 atom stereocenters. The maximum Gasteiger partial charge on any atom is 0.260 e. The predicted molar refractivity (Wildman–Crippen MR) is 99.9 cm³/mol. The van der Waals surface area contributed by atoms with Crippen LogP contribution in [-0.4, -0.2) is 48.5 Å². The van der Waals surface area contributed by atoms with Crippen molar-refractivity contribution in [3.05, 3.63) is 64.4 Å². The highest BCUT2D eigenvalue weighted by molar-refractivity contribution is 6.32. The number of rotatable bonds is 5. The molecule has 0 aromatic heterocycles. The molecule has 5 nitrogen and oxygen atoms in total. The average molecular weight is 388 g/mol. The van der Waals surface area contributed by atoms with Crippen LogP contribution in [0.5, 0.6) is 5.75 Å². The number of hydrogen-bond acceptors (Lipinski definition) is 4. The summed E-state index contributed by atoms with van der Waals surface area (Å²) >= 11 is 5.90. The van der Waals surface area contributed by atoms with Crippen LogP contribution in [0.15, 0.2) is 42.5 Å². The number of hydrogen-bond donors (Lipinski definition) is 0. The molecule has 0 bridgehead atoms. The minimum atomic E-state index is -0.447. The molecule has 1 heterocycles. The Morgan fingerprint density at radius 2 is 1.85 bits per heavy atom. The lowest BCUT2D eigenvalue weighted by Gasteiger charge is -2.34. The maximum atomic E-state index is 13.0. The van der Waals surface area contributed by atoms with Gasteiger partial charge in [0.05, 0.1) is 16.7 Å². The van der Waals surface area contributed by atoms with Crippen LogP contribution >= 0.6 is 11.6 Å². The van der Waals surface area contributed by atoms with Crippen molar-refractivity contribution in [1.29, 1.82) is 5.26 Å². The van der Waals surface area contributed by atoms with Crippen LogP contribution in [0.1, 0.15) is 11.1 Å². The predicted octanol–water partition coefficient (Wildman–Crippen LogP) is 3.07. The Balaban J connectivity index is 1.45. The molecule has 1 aliphatic heterocycles. The SMILES string of the molecule is N#Cc1ccc(CN2CCN(C(=O)COc3ccc(F)cc3Cl)CC2)cc1. The fraction of sp³-hybridized carbons (Fsp3) is 0.300. The second kappa shape index (κ2) is 8.85. The monoisotopic (exact) mass is 387 g/mol. The van der Waals surface area contributed by atoms with Crippen molar-refractivity contribution in [3.8, 4) is 11.8 Å². The summed E-state index contributed by atoms with van der Waals surface area (Å²) in [5.41, 5.74) is 1.79. The smallest absolute Gasteiger partial charge is 0.260 e. The highest BCUT2D eigenvalue weighted by Crippen LogP contribution is 2.24. The van der Waals surface area contributed by atoms with Crippen LogP contribution in [0.25, 0.3) is 0 Å². The lowest BCUT2D eigenvalue weighted by atomic mass is 10.1. The second-order valence-electron chi connectivity index (χ2n) is 6.33. The Bertz CT molecular complexity index is 843. The Kier molecular flexibility index (Phi) is 6.28. The molecule has 3 rings (SSSR count). The van der Waals surface area contributed by atoms with Gasteiger partial charge in [0.15, 0.2) is 6.61 Å². The van der Waals surface area contributed by atoms with Crippen molar-refractivity contribution in [1.82, 2.24) is 9.80 Å². The number of benzene rings is 2. The molecular weight excluding hydrogens is 369 g/mol. The van der Waals surface area contributed by atoms with Crippen LogP contribution < -0.4 is 4.74 Å². The fourth-order valence-corrected chi connectivity index (χ4v) is 3.14. The Hall–Kier alpha value is -2.62. The highest BCUT2D eigenvalue weighted by Gasteiger charge is 2.21. The van der Waals surface area contributed by atoms with Crippen molar-refractivity contribution in [2.45, 2.75) is 6.54 Å². The van der Waals surface area contributed by atoms with Gasteiger partial charge >= 0.3 is 0 Å². The zero-order chi connectivity index (χ0) is 19.2. The third kappa shape index (κ3) is 5.19. The van der Waals surface area contributed by atoms with Gasteiger partial charge in [-0.3, -0.25) is 9.69 Å². The topological polar surface area (TPSA) is 56.6 Å². The second-order valence-corrected chi connectivity index (χ2v) is 6.74. The van der Waals surface area contributed by atoms with Crippen molar-refractivity contribution in [2.24, 2.45) is 0 Å². The largest absolute Gasteiger partial charge is 0.482 e. The molecule has 0 N–H and O–H groups in total. The van der Waals surface area contributed by atoms with Gasteiger partial charge in [-0.1, -0.05) is 23.7 Å². The molecule has 1 fully saturated rings. The number of nitriles is 1. The molecule has 0 radical (unpaired) electrons. The summed E-state index contributed by atoms with van der Waals surface area (Å²) in [6.07, 6.45) is 0. The molecule has 1 saturated heterocycles. The maximum absolute atomic E-state index is 13.0. The van der Waals surface area contributed by atoms with E-state index in [1.807, 2.05) is 24.3 Å². The number of ether oxygens (including phenoxy) is 1. The van der Waals surface area contributed by atoms with E-state index in [0.29, 0.717) is 24.4 Å². The first-order valence-corrected chi connectivity index (χ1v) is 9.00. The number of piperazine rings is 1. The minimum absolute atomic E-state index is 0.117. The summed E-state index contributed by atoms with van der Waals surface area (Å²) in [6.45, 7) is 3.44. The summed E-state index contributed by atoms with van der Waals surface area (Å²) in [6, 6.07) is 13.5. The Labute approximate surface area is 162 Å². The van der Waals surface area contributed by atoms with Crippen LogP contribution in [-0.2, 0) is 11.3 Å². The van der Waals surface area contributed by atoms with Crippen molar-refractivity contribution < 1.29 is 13.9 Å². The number of nitrogens with zero attached hydrogens (tertiary/aromatic N) is 3. The summed E-state index contributed by atoms with van der Waals surface area (Å²) in [5, 5.41) is 8.99. The average Bonchev–Trinajstić information content (AvgIpc) is 2.68. The van der Waals surface area contributed by atoms with E-state index in [1.54, 1.807) is 4.90 Å². The molecule has 140 valence electrons. The standard InChI is InChI=1S/C20H19ClFN3O2/c21-18-11-17(22)5-6-19(18)27-14-20(26)25-9-7-24(8-10-25)13-16-3-1-15(12-23)2-4-16/h1-6,11H,7-10,13-14H2. The van der Waals surface area contributed by atoms with E-state index in [0.717, 1.165) is 31.3 Å². The molecule has 0 saturated carbocycles. The molecule has 1 amide bonds. The summed E-state index contributed by atoms with van der Waals surface area (Å²) in [7, 11) is 0. The Morgan fingerprint density at radius 1 is 1.15 bits per heavy atom. The molecule has 2 aromatic carbocycles. The molecule has 0 unspecified atom stereocenters. The quantitative estimate of drug-likeness (QED) is 0.791. The van der Waals surface area contributed by atoms with Crippen molar-refractivity contribution in [2.75, 3.05) is 32.8 Å². The number of amides is 1. The van der Waals surface area contributed by atoms with Gasteiger partial charge in [0.1, 0.15) is 11.6 Å². The number of carbonyl (C=O) groups excluding carboxylic acids is 1. The highest BCUT2D eigenvalue weighted by atomic mass is 35.5. The van der Waals surface area contributed by atoms with E-state index >= 15 is 0 Å². The third-order valence-corrected chi connectivity index (χ3v) is 4.75. The molecule has 0 spiro atoms. The zero-order valence-corrected chi connectivity index (χ0v) is 15.5. The summed E-state index contributed by atoms with van der Waals surface area (Å²) in [5.74, 6) is -0.267. The molecular formula is C20H19ClFN3O2. The van der Waals surface area contributed by atoms with Gasteiger partial charge in [0, 0.05) is 32.7 Å². The number of carbonyl (C=O) groups is 1. The first kappa shape index (κ1) is 19.2. The van der Waals surface area contributed by atoms with Crippen molar-refractivity contribution >= 4 is 17.5 Å². The molecule has 27 heavy (non-hydrogen) atoms. The van der Waals surface area contributed by atoms with E-state index in [2.05, 4.69) is 11.0 Å². The van der Waals surface area contributed by atoms with Crippen molar-refractivity contribution in [3.63, 3.8) is 0 Å². The fourth-order valence-electron chi connectivity index (χ4n) is 2.92. The van der Waals surface area contributed by atoms with Crippen LogP contribution in [0.2, 0.25) is 5.02 Å². The van der Waals surface area contributed by atoms with E-state index in [1.165, 1.54) is 12.1 Å². The lowest BCUT2D eigenvalue weighted by Crippen LogP contribution is -2.49. The first-order chi connectivity index (χ1) is 13.0. The normalized spacial score (nSPS) is 14.6. The van der Waals surface area contributed by atoms with E-state index < -0.39 is 5.82 Å². The lowest BCUT2D eigenvalue weighted by molar-refractivity contribution is -0.135. The van der Waals surface area contributed by atoms with Gasteiger partial charge < -0.3 is 9.64 Å². The number of halogens is 2. The third-order valence-electron chi connectivity index (χ3n) is 4.46. The zero-order valence-electron chi connectivity index (χ0n) is 14.7. The summed E-state index contributed by atoms with van der Waals surface area (Å²) < 4.78 is 18.5. The van der Waals surface area contributed by atoms with E-state index in [-0.39, 0.29) is 17.5 Å². The van der Waals surface area contributed by atoms with E-state index in [4.69, 9.17) is 21.6 Å².